The molecule has 1 aromatic carbocycles. The van der Waals surface area contributed by atoms with Crippen molar-refractivity contribution >= 4 is 11.7 Å². The summed E-state index contributed by atoms with van der Waals surface area (Å²) in [5.41, 5.74) is 0.794. The molecule has 0 aromatic heterocycles. The van der Waals surface area contributed by atoms with Crippen LogP contribution in [0, 0.1) is 0 Å². The van der Waals surface area contributed by atoms with E-state index in [1.54, 1.807) is 14.0 Å². The summed E-state index contributed by atoms with van der Waals surface area (Å²) in [6.45, 7) is 3.50. The molecule has 1 aliphatic heterocycles. The first-order valence-corrected chi connectivity index (χ1v) is 7.01. The van der Waals surface area contributed by atoms with E-state index in [-0.39, 0.29) is 12.1 Å². The standard InChI is InChI=1S/C15H21NO5/c1-3-20-15(17)14(13-10-19-8-9-21-13)16-11-4-6-12(18-2)7-5-11/h4-7,13-14,16H,3,8-10H2,1-2H3. The number of carbonyl (C=O) groups is 1. The predicted molar refractivity (Wildman–Crippen MR) is 77.6 cm³/mol. The maximum Gasteiger partial charge on any atom is 0.331 e. The number of benzene rings is 1. The normalized spacial score (nSPS) is 19.6. The van der Waals surface area contributed by atoms with Crippen LogP contribution in [0.1, 0.15) is 6.92 Å². The number of esters is 1. The average molecular weight is 295 g/mol. The van der Waals surface area contributed by atoms with E-state index < -0.39 is 6.04 Å². The molecule has 1 N–H and O–H groups in total. The van der Waals surface area contributed by atoms with E-state index in [2.05, 4.69) is 5.32 Å². The highest BCUT2D eigenvalue weighted by Crippen LogP contribution is 2.18. The zero-order valence-electron chi connectivity index (χ0n) is 12.3. The first kappa shape index (κ1) is 15.6. The molecule has 6 heteroatoms. The molecule has 0 aliphatic carbocycles. The summed E-state index contributed by atoms with van der Waals surface area (Å²) in [5, 5.41) is 3.15. The van der Waals surface area contributed by atoms with Gasteiger partial charge in [0.25, 0.3) is 0 Å². The highest BCUT2D eigenvalue weighted by molar-refractivity contribution is 5.80. The number of methoxy groups -OCH3 is 1. The molecule has 0 saturated carbocycles. The quantitative estimate of drug-likeness (QED) is 0.801. The van der Waals surface area contributed by atoms with E-state index in [9.17, 15) is 4.79 Å². The molecule has 1 fully saturated rings. The largest absolute Gasteiger partial charge is 0.497 e. The van der Waals surface area contributed by atoms with Crippen molar-refractivity contribution in [2.24, 2.45) is 0 Å². The van der Waals surface area contributed by atoms with Crippen LogP contribution in [0.25, 0.3) is 0 Å². The maximum absolute atomic E-state index is 12.1. The summed E-state index contributed by atoms with van der Waals surface area (Å²) in [7, 11) is 1.61. The lowest BCUT2D eigenvalue weighted by molar-refractivity contribution is -0.154. The van der Waals surface area contributed by atoms with Gasteiger partial charge >= 0.3 is 5.97 Å². The van der Waals surface area contributed by atoms with Gasteiger partial charge in [0, 0.05) is 5.69 Å². The van der Waals surface area contributed by atoms with E-state index >= 15 is 0 Å². The highest BCUT2D eigenvalue weighted by atomic mass is 16.6. The molecule has 21 heavy (non-hydrogen) atoms. The van der Waals surface area contributed by atoms with Crippen molar-refractivity contribution in [2.45, 2.75) is 19.1 Å². The zero-order valence-corrected chi connectivity index (χ0v) is 12.3. The molecule has 6 nitrogen and oxygen atoms in total. The second-order valence-electron chi connectivity index (χ2n) is 4.59. The van der Waals surface area contributed by atoms with E-state index in [1.807, 2.05) is 24.3 Å². The molecule has 0 radical (unpaired) electrons. The number of nitrogens with one attached hydrogen (secondary N) is 1. The van der Waals surface area contributed by atoms with Gasteiger partial charge in [0.1, 0.15) is 11.9 Å². The van der Waals surface area contributed by atoms with E-state index in [1.165, 1.54) is 0 Å². The first-order valence-electron chi connectivity index (χ1n) is 7.01. The lowest BCUT2D eigenvalue weighted by Crippen LogP contribution is -2.48. The number of hydrogen-bond acceptors (Lipinski definition) is 6. The van der Waals surface area contributed by atoms with E-state index in [0.717, 1.165) is 11.4 Å². The summed E-state index contributed by atoms with van der Waals surface area (Å²) in [4.78, 5) is 12.1. The minimum atomic E-state index is -0.598. The highest BCUT2D eigenvalue weighted by Gasteiger charge is 2.32. The Morgan fingerprint density at radius 2 is 2.14 bits per heavy atom. The third-order valence-corrected chi connectivity index (χ3v) is 3.17. The number of ether oxygens (including phenoxy) is 4. The van der Waals surface area contributed by atoms with Crippen molar-refractivity contribution in [2.75, 3.05) is 38.9 Å². The Bertz CT molecular complexity index is 442. The Morgan fingerprint density at radius 1 is 1.38 bits per heavy atom. The first-order chi connectivity index (χ1) is 10.2. The van der Waals surface area contributed by atoms with Crippen molar-refractivity contribution in [3.63, 3.8) is 0 Å². The molecule has 1 aliphatic rings. The molecular weight excluding hydrogens is 274 g/mol. The fourth-order valence-corrected chi connectivity index (χ4v) is 2.10. The molecule has 0 spiro atoms. The summed E-state index contributed by atoms with van der Waals surface area (Å²) in [6, 6.07) is 6.73. The van der Waals surface area contributed by atoms with Crippen molar-refractivity contribution in [1.29, 1.82) is 0 Å². The lowest BCUT2D eigenvalue weighted by Gasteiger charge is -2.30. The number of anilines is 1. The van der Waals surface area contributed by atoms with Gasteiger partial charge in [0.05, 0.1) is 33.5 Å². The van der Waals surface area contributed by atoms with Crippen LogP contribution in [0.15, 0.2) is 24.3 Å². The van der Waals surface area contributed by atoms with Crippen LogP contribution in [-0.4, -0.2) is 51.7 Å². The fourth-order valence-electron chi connectivity index (χ4n) is 2.10. The zero-order chi connectivity index (χ0) is 15.1. The predicted octanol–water partition coefficient (Wildman–Crippen LogP) is 1.45. The van der Waals surface area contributed by atoms with Crippen LogP contribution in [-0.2, 0) is 19.0 Å². The molecule has 2 rings (SSSR count). The van der Waals surface area contributed by atoms with E-state index in [4.69, 9.17) is 18.9 Å². The van der Waals surface area contributed by atoms with Gasteiger partial charge < -0.3 is 24.3 Å². The summed E-state index contributed by atoms with van der Waals surface area (Å²) < 4.78 is 21.2. The van der Waals surface area contributed by atoms with E-state index in [0.29, 0.717) is 26.4 Å². The molecule has 1 heterocycles. The van der Waals surface area contributed by atoms with Crippen molar-refractivity contribution in [1.82, 2.24) is 0 Å². The molecule has 116 valence electrons. The SMILES string of the molecule is CCOC(=O)C(Nc1ccc(OC)cc1)C1COCCO1. The number of rotatable bonds is 6. The van der Waals surface area contributed by atoms with Crippen LogP contribution in [0.4, 0.5) is 5.69 Å². The van der Waals surface area contributed by atoms with Crippen LogP contribution in [0.3, 0.4) is 0 Å². The Labute approximate surface area is 124 Å². The van der Waals surface area contributed by atoms with Gasteiger partial charge in [-0.3, -0.25) is 0 Å². The monoisotopic (exact) mass is 295 g/mol. The minimum Gasteiger partial charge on any atom is -0.497 e. The van der Waals surface area contributed by atoms with Gasteiger partial charge in [0.15, 0.2) is 6.04 Å². The third-order valence-electron chi connectivity index (χ3n) is 3.17. The lowest BCUT2D eigenvalue weighted by atomic mass is 10.1. The molecule has 2 atom stereocenters. The van der Waals surface area contributed by atoms with Gasteiger partial charge in [-0.05, 0) is 31.2 Å². The second kappa shape index (κ2) is 7.85. The molecule has 1 saturated heterocycles. The van der Waals surface area contributed by atoms with Crippen LogP contribution < -0.4 is 10.1 Å². The number of hydrogen-bond donors (Lipinski definition) is 1. The molecule has 2 unspecified atom stereocenters. The Hall–Kier alpha value is -1.79. The van der Waals surface area contributed by atoms with Gasteiger partial charge in [0.2, 0.25) is 0 Å². The third kappa shape index (κ3) is 4.34. The molecular formula is C15H21NO5. The average Bonchev–Trinajstić information content (AvgIpc) is 2.54. The molecule has 1 aromatic rings. The Morgan fingerprint density at radius 3 is 2.71 bits per heavy atom. The van der Waals surface area contributed by atoms with Crippen LogP contribution in [0.2, 0.25) is 0 Å². The van der Waals surface area contributed by atoms with Crippen LogP contribution in [0.5, 0.6) is 5.75 Å². The molecule has 0 amide bonds. The Balaban J connectivity index is 2.07. The van der Waals surface area contributed by atoms with Gasteiger partial charge in [-0.25, -0.2) is 4.79 Å². The summed E-state index contributed by atoms with van der Waals surface area (Å²) >= 11 is 0. The fraction of sp³-hybridized carbons (Fsp3) is 0.533. The van der Waals surface area contributed by atoms with Crippen molar-refractivity contribution < 1.29 is 23.7 Å². The van der Waals surface area contributed by atoms with Gasteiger partial charge in [-0.2, -0.15) is 0 Å². The van der Waals surface area contributed by atoms with Crippen LogP contribution >= 0.6 is 0 Å². The Kier molecular flexibility index (Phi) is 5.83. The summed E-state index contributed by atoms with van der Waals surface area (Å²) in [6.07, 6.45) is -0.361. The smallest absolute Gasteiger partial charge is 0.331 e. The topological polar surface area (TPSA) is 66.0 Å². The number of carbonyl (C=O) groups excluding carboxylic acids is 1. The van der Waals surface area contributed by atoms with Crippen molar-refractivity contribution in [3.05, 3.63) is 24.3 Å². The summed E-state index contributed by atoms with van der Waals surface area (Å²) in [5.74, 6) is 0.411. The maximum atomic E-state index is 12.1. The second-order valence-corrected chi connectivity index (χ2v) is 4.59. The molecule has 0 bridgehead atoms. The van der Waals surface area contributed by atoms with Gasteiger partial charge in [-0.1, -0.05) is 0 Å². The minimum absolute atomic E-state index is 0.327. The van der Waals surface area contributed by atoms with Crippen molar-refractivity contribution in [3.8, 4) is 5.75 Å². The van der Waals surface area contributed by atoms with Gasteiger partial charge in [-0.15, -0.1) is 0 Å².